The number of para-hydroxylation sites is 1. The van der Waals surface area contributed by atoms with Crippen molar-refractivity contribution in [2.24, 2.45) is 5.92 Å². The SMILES string of the molecule is COc1cccc(C(=O)N(C)C(C)C2CC2)c1N. The molecule has 1 saturated carbocycles. The molecule has 0 spiro atoms. The van der Waals surface area contributed by atoms with E-state index >= 15 is 0 Å². The Bertz CT molecular complexity index is 455. The predicted molar refractivity (Wildman–Crippen MR) is 71.7 cm³/mol. The van der Waals surface area contributed by atoms with Gasteiger partial charge in [0.15, 0.2) is 0 Å². The van der Waals surface area contributed by atoms with Gasteiger partial charge in [-0.25, -0.2) is 0 Å². The summed E-state index contributed by atoms with van der Waals surface area (Å²) in [6.07, 6.45) is 2.43. The molecular weight excluding hydrogens is 228 g/mol. The lowest BCUT2D eigenvalue weighted by atomic mass is 10.1. The van der Waals surface area contributed by atoms with E-state index in [9.17, 15) is 4.79 Å². The molecule has 0 bridgehead atoms. The fourth-order valence-corrected chi connectivity index (χ4v) is 2.18. The molecule has 0 heterocycles. The molecule has 1 atom stereocenters. The lowest BCUT2D eigenvalue weighted by Gasteiger charge is -2.25. The van der Waals surface area contributed by atoms with E-state index in [-0.39, 0.29) is 11.9 Å². The molecule has 1 aliphatic carbocycles. The molecule has 4 nitrogen and oxygen atoms in total. The molecule has 1 amide bonds. The normalized spacial score (nSPS) is 16.2. The zero-order chi connectivity index (χ0) is 13.3. The molecule has 1 unspecified atom stereocenters. The number of ether oxygens (including phenoxy) is 1. The maximum absolute atomic E-state index is 12.4. The van der Waals surface area contributed by atoms with Crippen molar-refractivity contribution >= 4 is 11.6 Å². The van der Waals surface area contributed by atoms with Gasteiger partial charge in [-0.3, -0.25) is 4.79 Å². The summed E-state index contributed by atoms with van der Waals surface area (Å²) in [5.74, 6) is 1.16. The first-order valence-electron chi connectivity index (χ1n) is 6.26. The summed E-state index contributed by atoms with van der Waals surface area (Å²) >= 11 is 0. The molecule has 1 aliphatic rings. The third kappa shape index (κ3) is 2.28. The number of nitrogens with zero attached hydrogens (tertiary/aromatic N) is 1. The number of nitrogen functional groups attached to an aromatic ring is 1. The standard InChI is InChI=1S/C14H20N2O2/c1-9(10-7-8-10)16(2)14(17)11-5-4-6-12(18-3)13(11)15/h4-6,9-10H,7-8,15H2,1-3H3. The van der Waals surface area contributed by atoms with E-state index < -0.39 is 0 Å². The Morgan fingerprint density at radius 3 is 2.72 bits per heavy atom. The second kappa shape index (κ2) is 4.88. The number of rotatable bonds is 4. The summed E-state index contributed by atoms with van der Waals surface area (Å²) in [6, 6.07) is 5.56. The smallest absolute Gasteiger partial charge is 0.256 e. The van der Waals surface area contributed by atoms with Gasteiger partial charge in [-0.15, -0.1) is 0 Å². The maximum atomic E-state index is 12.4. The molecule has 1 aromatic carbocycles. The van der Waals surface area contributed by atoms with Crippen LogP contribution in [0.5, 0.6) is 5.75 Å². The number of hydrogen-bond donors (Lipinski definition) is 1. The number of amides is 1. The fourth-order valence-electron chi connectivity index (χ4n) is 2.18. The van der Waals surface area contributed by atoms with Gasteiger partial charge in [0.1, 0.15) is 5.75 Å². The molecule has 4 heteroatoms. The second-order valence-electron chi connectivity index (χ2n) is 4.92. The van der Waals surface area contributed by atoms with E-state index in [0.717, 1.165) is 0 Å². The van der Waals surface area contributed by atoms with Crippen LogP contribution in [0, 0.1) is 5.92 Å². The van der Waals surface area contributed by atoms with Crippen molar-refractivity contribution in [3.8, 4) is 5.75 Å². The number of methoxy groups -OCH3 is 1. The van der Waals surface area contributed by atoms with Gasteiger partial charge in [0, 0.05) is 13.1 Å². The lowest BCUT2D eigenvalue weighted by molar-refractivity contribution is 0.0728. The summed E-state index contributed by atoms with van der Waals surface area (Å²) in [6.45, 7) is 2.09. The molecule has 0 saturated heterocycles. The van der Waals surface area contributed by atoms with Gasteiger partial charge in [0.05, 0.1) is 18.4 Å². The van der Waals surface area contributed by atoms with E-state index in [0.29, 0.717) is 22.9 Å². The highest BCUT2D eigenvalue weighted by Crippen LogP contribution is 2.35. The Morgan fingerprint density at radius 2 is 2.17 bits per heavy atom. The number of carbonyl (C=O) groups excluding carboxylic acids is 1. The molecule has 0 radical (unpaired) electrons. The Labute approximate surface area is 108 Å². The minimum atomic E-state index is -0.0363. The van der Waals surface area contributed by atoms with Gasteiger partial charge < -0.3 is 15.4 Å². The van der Waals surface area contributed by atoms with Gasteiger partial charge in [-0.2, -0.15) is 0 Å². The van der Waals surface area contributed by atoms with Gasteiger partial charge in [-0.1, -0.05) is 6.07 Å². The van der Waals surface area contributed by atoms with E-state index in [2.05, 4.69) is 6.92 Å². The lowest BCUT2D eigenvalue weighted by Crippen LogP contribution is -2.36. The summed E-state index contributed by atoms with van der Waals surface area (Å²) in [7, 11) is 3.39. The number of anilines is 1. The van der Waals surface area contributed by atoms with Crippen LogP contribution >= 0.6 is 0 Å². The summed E-state index contributed by atoms with van der Waals surface area (Å²) in [5.41, 5.74) is 6.89. The van der Waals surface area contributed by atoms with Crippen LogP contribution in [0.4, 0.5) is 5.69 Å². The van der Waals surface area contributed by atoms with Crippen LogP contribution < -0.4 is 10.5 Å². The zero-order valence-electron chi connectivity index (χ0n) is 11.1. The first-order valence-corrected chi connectivity index (χ1v) is 6.26. The van der Waals surface area contributed by atoms with Crippen LogP contribution in [0.2, 0.25) is 0 Å². The second-order valence-corrected chi connectivity index (χ2v) is 4.92. The van der Waals surface area contributed by atoms with Crippen molar-refractivity contribution < 1.29 is 9.53 Å². The highest BCUT2D eigenvalue weighted by Gasteiger charge is 2.33. The molecule has 2 N–H and O–H groups in total. The molecule has 98 valence electrons. The highest BCUT2D eigenvalue weighted by molar-refractivity contribution is 6.00. The number of benzene rings is 1. The third-order valence-corrected chi connectivity index (χ3v) is 3.75. The van der Waals surface area contributed by atoms with Gasteiger partial charge in [0.2, 0.25) is 0 Å². The summed E-state index contributed by atoms with van der Waals surface area (Å²) in [5, 5.41) is 0. The van der Waals surface area contributed by atoms with Crippen molar-refractivity contribution in [3.63, 3.8) is 0 Å². The van der Waals surface area contributed by atoms with Gasteiger partial charge in [0.25, 0.3) is 5.91 Å². The van der Waals surface area contributed by atoms with Crippen molar-refractivity contribution in [1.82, 2.24) is 4.90 Å². The first-order chi connectivity index (χ1) is 8.56. The van der Waals surface area contributed by atoms with Gasteiger partial charge in [-0.05, 0) is 37.8 Å². The van der Waals surface area contributed by atoms with Crippen LogP contribution in [-0.4, -0.2) is 31.0 Å². The first kappa shape index (κ1) is 12.7. The van der Waals surface area contributed by atoms with Gasteiger partial charge >= 0.3 is 0 Å². The molecule has 0 aromatic heterocycles. The predicted octanol–water partition coefficient (Wildman–Crippen LogP) is 2.15. The molecule has 1 fully saturated rings. The number of nitrogens with two attached hydrogens (primary N) is 1. The molecular formula is C14H20N2O2. The summed E-state index contributed by atoms with van der Waals surface area (Å²) < 4.78 is 5.14. The van der Waals surface area contributed by atoms with Crippen LogP contribution in [0.3, 0.4) is 0 Å². The Hall–Kier alpha value is -1.71. The van der Waals surface area contributed by atoms with Crippen LogP contribution in [0.15, 0.2) is 18.2 Å². The average Bonchev–Trinajstić information content (AvgIpc) is 3.21. The fraction of sp³-hybridized carbons (Fsp3) is 0.500. The van der Waals surface area contributed by atoms with Crippen LogP contribution in [0.25, 0.3) is 0 Å². The van der Waals surface area contributed by atoms with Crippen LogP contribution in [0.1, 0.15) is 30.1 Å². The van der Waals surface area contributed by atoms with Crippen molar-refractivity contribution in [1.29, 1.82) is 0 Å². The average molecular weight is 248 g/mol. The topological polar surface area (TPSA) is 55.6 Å². The molecule has 0 aliphatic heterocycles. The van der Waals surface area contributed by atoms with E-state index in [1.54, 1.807) is 30.2 Å². The molecule has 18 heavy (non-hydrogen) atoms. The van der Waals surface area contributed by atoms with Crippen molar-refractivity contribution in [2.75, 3.05) is 19.9 Å². The number of carbonyl (C=O) groups is 1. The Kier molecular flexibility index (Phi) is 3.45. The number of hydrogen-bond acceptors (Lipinski definition) is 3. The quantitative estimate of drug-likeness (QED) is 0.831. The minimum absolute atomic E-state index is 0.0363. The van der Waals surface area contributed by atoms with E-state index in [4.69, 9.17) is 10.5 Å². The minimum Gasteiger partial charge on any atom is -0.495 e. The van der Waals surface area contributed by atoms with Crippen LogP contribution in [-0.2, 0) is 0 Å². The monoisotopic (exact) mass is 248 g/mol. The molecule has 1 aromatic rings. The van der Waals surface area contributed by atoms with E-state index in [1.165, 1.54) is 12.8 Å². The Balaban J connectivity index is 2.22. The summed E-state index contributed by atoms with van der Waals surface area (Å²) in [4.78, 5) is 14.2. The Morgan fingerprint density at radius 1 is 1.50 bits per heavy atom. The zero-order valence-corrected chi connectivity index (χ0v) is 11.1. The largest absolute Gasteiger partial charge is 0.495 e. The highest BCUT2D eigenvalue weighted by atomic mass is 16.5. The van der Waals surface area contributed by atoms with E-state index in [1.807, 2.05) is 7.05 Å². The molecule has 2 rings (SSSR count). The maximum Gasteiger partial charge on any atom is 0.256 e. The van der Waals surface area contributed by atoms with Crippen molar-refractivity contribution in [2.45, 2.75) is 25.8 Å². The van der Waals surface area contributed by atoms with Crippen molar-refractivity contribution in [3.05, 3.63) is 23.8 Å². The third-order valence-electron chi connectivity index (χ3n) is 3.75.